The van der Waals surface area contributed by atoms with E-state index in [-0.39, 0.29) is 28.7 Å². The molecule has 0 bridgehead atoms. The summed E-state index contributed by atoms with van der Waals surface area (Å²) in [5, 5.41) is 0. The predicted octanol–water partition coefficient (Wildman–Crippen LogP) is -0.578. The average molecular weight is 174 g/mol. The highest BCUT2D eigenvalue weighted by molar-refractivity contribution is 5.94. The van der Waals surface area contributed by atoms with Crippen LogP contribution in [0.25, 0.3) is 0 Å². The Kier molecular flexibility index (Phi) is 2.37. The van der Waals surface area contributed by atoms with Crippen LogP contribution in [0.5, 0.6) is 0 Å². The first kappa shape index (κ1) is 8.89. The molecule has 62 valence electrons. The molecule has 1 saturated carbocycles. The first-order valence-corrected chi connectivity index (χ1v) is 3.27. The van der Waals surface area contributed by atoms with Crippen molar-refractivity contribution in [2.75, 3.05) is 0 Å². The van der Waals surface area contributed by atoms with Crippen LogP contribution in [0.2, 0.25) is 0 Å². The number of allylic oxidation sites excluding steroid dienone is 4. The van der Waals surface area contributed by atoms with E-state index in [1.54, 1.807) is 0 Å². The van der Waals surface area contributed by atoms with Gasteiger partial charge in [0.25, 0.3) is 0 Å². The van der Waals surface area contributed by atoms with E-state index in [2.05, 4.69) is 0 Å². The van der Waals surface area contributed by atoms with Gasteiger partial charge < -0.3 is 0 Å². The van der Waals surface area contributed by atoms with Crippen LogP contribution in [0, 0.1) is 0 Å². The molecule has 1 aliphatic carbocycles. The second kappa shape index (κ2) is 3.46. The van der Waals surface area contributed by atoms with E-state index in [0.29, 0.717) is 0 Å². The average Bonchev–Trinajstić information content (AvgIpc) is 2.54. The Labute approximate surface area is 72.5 Å². The van der Waals surface area contributed by atoms with Gasteiger partial charge in [-0.05, 0) is 0 Å². The summed E-state index contributed by atoms with van der Waals surface area (Å²) in [6.07, 6.45) is -0.0951. The van der Waals surface area contributed by atoms with E-state index < -0.39 is 0 Å². The molecule has 0 N–H and O–H groups in total. The summed E-state index contributed by atoms with van der Waals surface area (Å²) in [6, 6.07) is 0. The van der Waals surface area contributed by atoms with Gasteiger partial charge in [0.1, 0.15) is 23.8 Å². The number of hydrogen-bond acceptors (Lipinski definition) is 4. The molecule has 0 saturated heterocycles. The molecule has 0 spiro atoms. The predicted molar refractivity (Wildman–Crippen MR) is 41.4 cm³/mol. The molecule has 0 heterocycles. The number of carbonyl (C=O) groups excluding carboxylic acids is 4. The molecule has 1 rings (SSSR count). The molecule has 0 atom stereocenters. The zero-order valence-electron chi connectivity index (χ0n) is 6.34. The van der Waals surface area contributed by atoms with Gasteiger partial charge in [0.15, 0.2) is 0 Å². The summed E-state index contributed by atoms with van der Waals surface area (Å²) in [7, 11) is 0. The second-order valence-electron chi connectivity index (χ2n) is 2.29. The van der Waals surface area contributed by atoms with Crippen LogP contribution >= 0.6 is 0 Å². The van der Waals surface area contributed by atoms with E-state index in [1.165, 1.54) is 23.8 Å². The summed E-state index contributed by atoms with van der Waals surface area (Å²) in [4.78, 5) is 41.1. The van der Waals surface area contributed by atoms with Gasteiger partial charge in [-0.2, -0.15) is 0 Å². The highest BCUT2D eigenvalue weighted by Crippen LogP contribution is 2.33. The van der Waals surface area contributed by atoms with Crippen LogP contribution in [0.4, 0.5) is 0 Å². The highest BCUT2D eigenvalue weighted by atomic mass is 16.1. The van der Waals surface area contributed by atoms with Crippen molar-refractivity contribution in [1.82, 2.24) is 0 Å². The molecular formula is C9H2O4. The molecule has 0 aromatic carbocycles. The molecule has 4 nitrogen and oxygen atoms in total. The van der Waals surface area contributed by atoms with Gasteiger partial charge in [-0.3, -0.25) is 0 Å². The molecule has 0 aliphatic heterocycles. The van der Waals surface area contributed by atoms with Gasteiger partial charge in [-0.1, -0.05) is 0 Å². The van der Waals surface area contributed by atoms with Crippen molar-refractivity contribution in [1.29, 1.82) is 0 Å². The Bertz CT molecular complexity index is 414. The lowest BCUT2D eigenvalue weighted by atomic mass is 10.1. The van der Waals surface area contributed by atoms with Crippen molar-refractivity contribution in [3.63, 3.8) is 0 Å². The quantitative estimate of drug-likeness (QED) is 0.461. The van der Waals surface area contributed by atoms with Crippen LogP contribution in [0.15, 0.2) is 22.3 Å². The monoisotopic (exact) mass is 174 g/mol. The maximum Gasteiger partial charge on any atom is 0.134 e. The third-order valence-corrected chi connectivity index (χ3v) is 1.66. The fraction of sp³-hybridized carbons (Fsp3) is 0.111. The van der Waals surface area contributed by atoms with Crippen molar-refractivity contribution in [3.8, 4) is 0 Å². The van der Waals surface area contributed by atoms with Gasteiger partial charge >= 0.3 is 0 Å². The van der Waals surface area contributed by atoms with E-state index in [4.69, 9.17) is 0 Å². The minimum atomic E-state index is -0.233. The summed E-state index contributed by atoms with van der Waals surface area (Å²) in [6.45, 7) is 0. The molecule has 0 aromatic rings. The van der Waals surface area contributed by atoms with Gasteiger partial charge in [0.2, 0.25) is 0 Å². The summed E-state index contributed by atoms with van der Waals surface area (Å²) in [5.74, 6) is 5.72. The van der Waals surface area contributed by atoms with Crippen LogP contribution < -0.4 is 0 Å². The maximum atomic E-state index is 10.3. The molecule has 0 radical (unpaired) electrons. The van der Waals surface area contributed by atoms with Crippen LogP contribution in [0.3, 0.4) is 0 Å². The molecule has 4 heteroatoms. The minimum absolute atomic E-state index is 0.0494. The number of hydrogen-bond donors (Lipinski definition) is 0. The molecule has 1 fully saturated rings. The third-order valence-electron chi connectivity index (χ3n) is 1.66. The van der Waals surface area contributed by atoms with Gasteiger partial charge in [0, 0.05) is 6.42 Å². The Hall–Kier alpha value is -2.20. The number of rotatable bonds is 0. The summed E-state index contributed by atoms with van der Waals surface area (Å²) >= 11 is 0. The molecule has 13 heavy (non-hydrogen) atoms. The van der Waals surface area contributed by atoms with E-state index in [1.807, 2.05) is 0 Å². The Morgan fingerprint density at radius 1 is 0.692 bits per heavy atom. The molecule has 0 amide bonds. The Morgan fingerprint density at radius 3 is 1.31 bits per heavy atom. The lowest BCUT2D eigenvalue weighted by Gasteiger charge is -1.84. The molecule has 1 aliphatic rings. The van der Waals surface area contributed by atoms with Crippen molar-refractivity contribution < 1.29 is 19.2 Å². The lowest BCUT2D eigenvalue weighted by molar-refractivity contribution is 0.563. The maximum absolute atomic E-state index is 10.3. The van der Waals surface area contributed by atoms with Crippen LogP contribution in [-0.4, -0.2) is 23.8 Å². The standard InChI is InChI=1S/C9H2O4/c10-2-6-1-7(3-11)9(5-13)8(6)4-12/h1H2. The molecule has 0 aromatic heterocycles. The van der Waals surface area contributed by atoms with Crippen molar-refractivity contribution in [2.24, 2.45) is 0 Å². The first-order valence-electron chi connectivity index (χ1n) is 3.27. The van der Waals surface area contributed by atoms with Crippen LogP contribution in [-0.2, 0) is 19.2 Å². The van der Waals surface area contributed by atoms with E-state index in [9.17, 15) is 19.2 Å². The highest BCUT2D eigenvalue weighted by Gasteiger charge is 2.28. The summed E-state index contributed by atoms with van der Waals surface area (Å²) in [5.41, 5.74) is -0.565. The Balaban J connectivity index is 3.56. The summed E-state index contributed by atoms with van der Waals surface area (Å²) < 4.78 is 0. The van der Waals surface area contributed by atoms with Gasteiger partial charge in [0.05, 0.1) is 22.3 Å². The fourth-order valence-corrected chi connectivity index (χ4v) is 1.05. The van der Waals surface area contributed by atoms with Gasteiger partial charge in [-0.25, -0.2) is 19.2 Å². The topological polar surface area (TPSA) is 68.3 Å². The minimum Gasteiger partial charge on any atom is -0.233 e. The second-order valence-corrected chi connectivity index (χ2v) is 2.29. The van der Waals surface area contributed by atoms with E-state index in [0.717, 1.165) is 0 Å². The first-order chi connectivity index (χ1) is 6.28. The zero-order chi connectivity index (χ0) is 9.84. The normalized spacial score (nSPS) is 14.8. The van der Waals surface area contributed by atoms with Crippen molar-refractivity contribution in [2.45, 2.75) is 6.42 Å². The van der Waals surface area contributed by atoms with Crippen molar-refractivity contribution >= 4 is 23.8 Å². The Morgan fingerprint density at radius 2 is 1.08 bits per heavy atom. The molecular weight excluding hydrogens is 172 g/mol. The fourth-order valence-electron chi connectivity index (χ4n) is 1.05. The zero-order valence-corrected chi connectivity index (χ0v) is 6.34. The van der Waals surface area contributed by atoms with Gasteiger partial charge in [-0.15, -0.1) is 0 Å². The third kappa shape index (κ3) is 1.25. The van der Waals surface area contributed by atoms with E-state index >= 15 is 0 Å². The smallest absolute Gasteiger partial charge is 0.134 e. The molecule has 0 unspecified atom stereocenters. The van der Waals surface area contributed by atoms with Crippen molar-refractivity contribution in [3.05, 3.63) is 22.3 Å². The SMILES string of the molecule is O=C=C1CC(=C=O)C(=C=O)C1=C=O. The largest absolute Gasteiger partial charge is 0.233 e. The van der Waals surface area contributed by atoms with Crippen LogP contribution in [0.1, 0.15) is 6.42 Å². The lowest BCUT2D eigenvalue weighted by Crippen LogP contribution is -1.85.